The topological polar surface area (TPSA) is 84.3 Å². The largest absolute Gasteiger partial charge is 0.464 e. The van der Waals surface area contributed by atoms with Gasteiger partial charge in [-0.15, -0.1) is 0 Å². The number of aliphatic hydroxyl groups excluding tert-OH is 1. The molecule has 25 heavy (non-hydrogen) atoms. The molecule has 1 aromatic carbocycles. The van der Waals surface area contributed by atoms with Gasteiger partial charge in [0.05, 0.1) is 19.8 Å². The second kappa shape index (κ2) is 7.80. The first-order chi connectivity index (χ1) is 12.1. The van der Waals surface area contributed by atoms with Crippen molar-refractivity contribution in [3.05, 3.63) is 52.4 Å². The van der Waals surface area contributed by atoms with E-state index in [2.05, 4.69) is 15.3 Å². The molecule has 0 aliphatic heterocycles. The Balaban J connectivity index is 1.86. The summed E-state index contributed by atoms with van der Waals surface area (Å²) in [6.07, 6.45) is 2.59. The van der Waals surface area contributed by atoms with Crippen LogP contribution in [0, 0.1) is 0 Å². The highest BCUT2D eigenvalue weighted by atomic mass is 35.5. The Hall–Kier alpha value is -2.18. The van der Waals surface area contributed by atoms with E-state index in [9.17, 15) is 9.90 Å². The fourth-order valence-electron chi connectivity index (χ4n) is 2.57. The zero-order valence-electron chi connectivity index (χ0n) is 13.9. The van der Waals surface area contributed by atoms with Crippen LogP contribution in [0.3, 0.4) is 0 Å². The molecule has 2 aromatic rings. The van der Waals surface area contributed by atoms with E-state index < -0.39 is 5.97 Å². The van der Waals surface area contributed by atoms with Crippen LogP contribution in [0.5, 0.6) is 0 Å². The molecule has 2 N–H and O–H groups in total. The summed E-state index contributed by atoms with van der Waals surface area (Å²) in [4.78, 5) is 20.7. The van der Waals surface area contributed by atoms with Gasteiger partial charge in [-0.1, -0.05) is 41.9 Å². The fraction of sp³-hybridized carbons (Fsp3) is 0.389. The van der Waals surface area contributed by atoms with Gasteiger partial charge in [-0.3, -0.25) is 0 Å². The lowest BCUT2D eigenvalue weighted by molar-refractivity contribution is 0.0593. The highest BCUT2D eigenvalue weighted by molar-refractivity contribution is 6.35. The molecule has 132 valence electrons. The van der Waals surface area contributed by atoms with Crippen molar-refractivity contribution in [3.63, 3.8) is 0 Å². The molecule has 0 radical (unpaired) electrons. The molecule has 0 unspecified atom stereocenters. The maximum Gasteiger partial charge on any atom is 0.358 e. The van der Waals surface area contributed by atoms with E-state index >= 15 is 0 Å². The number of ether oxygens (including phenoxy) is 1. The third kappa shape index (κ3) is 4.27. The highest BCUT2D eigenvalue weighted by Gasteiger charge is 2.30. The number of nitrogens with one attached hydrogen (secondary N) is 1. The van der Waals surface area contributed by atoms with Crippen molar-refractivity contribution in [1.82, 2.24) is 9.97 Å². The van der Waals surface area contributed by atoms with Crippen LogP contribution in [0.1, 0.15) is 40.6 Å². The maximum absolute atomic E-state index is 12.0. The summed E-state index contributed by atoms with van der Waals surface area (Å²) in [5, 5.41) is 13.0. The van der Waals surface area contributed by atoms with Crippen LogP contribution in [0.25, 0.3) is 0 Å². The number of carbonyl (C=O) groups is 1. The Kier molecular flexibility index (Phi) is 5.50. The zero-order valence-corrected chi connectivity index (χ0v) is 14.7. The van der Waals surface area contributed by atoms with Gasteiger partial charge in [0.1, 0.15) is 16.7 Å². The first-order valence-electron chi connectivity index (χ1n) is 8.19. The van der Waals surface area contributed by atoms with Crippen molar-refractivity contribution < 1.29 is 14.6 Å². The summed E-state index contributed by atoms with van der Waals surface area (Å²) >= 11 is 6.31. The lowest BCUT2D eigenvalue weighted by atomic mass is 10.1. The zero-order chi connectivity index (χ0) is 17.8. The predicted molar refractivity (Wildman–Crippen MR) is 95.0 cm³/mol. The molecular weight excluding hydrogens is 342 g/mol. The average molecular weight is 362 g/mol. The third-order valence-electron chi connectivity index (χ3n) is 4.08. The first kappa shape index (κ1) is 17.6. The van der Waals surface area contributed by atoms with E-state index in [4.69, 9.17) is 16.3 Å². The number of halogens is 1. The second-order valence-electron chi connectivity index (χ2n) is 6.07. The molecule has 3 rings (SSSR count). The van der Waals surface area contributed by atoms with Gasteiger partial charge in [-0.25, -0.2) is 14.8 Å². The Morgan fingerprint density at radius 3 is 2.68 bits per heavy atom. The van der Waals surface area contributed by atoms with Gasteiger partial charge >= 0.3 is 5.97 Å². The summed E-state index contributed by atoms with van der Waals surface area (Å²) < 4.78 is 4.76. The highest BCUT2D eigenvalue weighted by Crippen LogP contribution is 2.39. The van der Waals surface area contributed by atoms with Crippen molar-refractivity contribution in [2.75, 3.05) is 19.0 Å². The summed E-state index contributed by atoms with van der Waals surface area (Å²) in [5.41, 5.74) is 1.13. The van der Waals surface area contributed by atoms with E-state index in [-0.39, 0.29) is 29.3 Å². The van der Waals surface area contributed by atoms with Crippen molar-refractivity contribution >= 4 is 23.4 Å². The summed E-state index contributed by atoms with van der Waals surface area (Å²) in [6.45, 7) is -0.0957. The minimum absolute atomic E-state index is 0.0555. The first-order valence-corrected chi connectivity index (χ1v) is 8.57. The monoisotopic (exact) mass is 361 g/mol. The van der Waals surface area contributed by atoms with Crippen LogP contribution in [-0.2, 0) is 11.2 Å². The van der Waals surface area contributed by atoms with Gasteiger partial charge in [0.25, 0.3) is 0 Å². The van der Waals surface area contributed by atoms with Gasteiger partial charge in [0.15, 0.2) is 5.69 Å². The van der Waals surface area contributed by atoms with E-state index in [1.807, 2.05) is 30.3 Å². The molecule has 7 heteroatoms. The van der Waals surface area contributed by atoms with Crippen LogP contribution in [0.15, 0.2) is 30.3 Å². The Morgan fingerprint density at radius 1 is 1.36 bits per heavy atom. The van der Waals surface area contributed by atoms with Crippen LogP contribution < -0.4 is 5.32 Å². The molecule has 0 spiro atoms. The molecule has 1 atom stereocenters. The molecule has 1 saturated carbocycles. The van der Waals surface area contributed by atoms with Gasteiger partial charge in [-0.05, 0) is 24.8 Å². The number of nitrogens with zero attached hydrogens (tertiary/aromatic N) is 2. The number of aromatic nitrogens is 2. The minimum Gasteiger partial charge on any atom is -0.464 e. The molecule has 1 aliphatic rings. The Morgan fingerprint density at radius 2 is 2.08 bits per heavy atom. The number of esters is 1. The summed E-state index contributed by atoms with van der Waals surface area (Å²) in [7, 11) is 1.29. The minimum atomic E-state index is -0.596. The van der Waals surface area contributed by atoms with Gasteiger partial charge in [-0.2, -0.15) is 0 Å². The number of hydrogen-bond acceptors (Lipinski definition) is 6. The Labute approximate surface area is 151 Å². The third-order valence-corrected chi connectivity index (χ3v) is 4.43. The SMILES string of the molecule is COC(=O)c1nc(C2CC2)nc(N[C@@H](CO)Cc2ccccc2)c1Cl. The van der Waals surface area contributed by atoms with E-state index in [1.54, 1.807) is 0 Å². The quantitative estimate of drug-likeness (QED) is 0.738. The Bertz CT molecular complexity index is 751. The van der Waals surface area contributed by atoms with Crippen LogP contribution in [0.4, 0.5) is 5.82 Å². The predicted octanol–water partition coefficient (Wildman–Crippen LogP) is 2.81. The van der Waals surface area contributed by atoms with E-state index in [0.29, 0.717) is 18.1 Å². The standard InChI is InChI=1S/C18H20ClN3O3/c1-25-18(24)15-14(19)17(22-16(21-15)12-7-8-12)20-13(10-23)9-11-5-3-2-4-6-11/h2-6,12-13,23H,7-10H2,1H3,(H,20,21,22)/t13-/m1/s1. The smallest absolute Gasteiger partial charge is 0.358 e. The van der Waals surface area contributed by atoms with Crippen molar-refractivity contribution in [3.8, 4) is 0 Å². The lowest BCUT2D eigenvalue weighted by Gasteiger charge is -2.19. The number of benzene rings is 1. The van der Waals surface area contributed by atoms with Crippen molar-refractivity contribution in [2.24, 2.45) is 0 Å². The van der Waals surface area contributed by atoms with Crippen molar-refractivity contribution in [1.29, 1.82) is 0 Å². The number of anilines is 1. The molecular formula is C18H20ClN3O3. The summed E-state index contributed by atoms with van der Waals surface area (Å²) in [5.74, 6) is 0.599. The second-order valence-corrected chi connectivity index (χ2v) is 6.45. The molecule has 0 saturated heterocycles. The van der Waals surface area contributed by atoms with Crippen LogP contribution in [-0.4, -0.2) is 40.8 Å². The number of carbonyl (C=O) groups excluding carboxylic acids is 1. The lowest BCUT2D eigenvalue weighted by Crippen LogP contribution is -2.28. The van der Waals surface area contributed by atoms with Crippen LogP contribution >= 0.6 is 11.6 Å². The average Bonchev–Trinajstić information content (AvgIpc) is 3.48. The normalized spacial score (nSPS) is 14.8. The van der Waals surface area contributed by atoms with Gasteiger partial charge in [0, 0.05) is 5.92 Å². The molecule has 1 aromatic heterocycles. The maximum atomic E-state index is 12.0. The van der Waals surface area contributed by atoms with E-state index in [0.717, 1.165) is 18.4 Å². The molecule has 0 amide bonds. The molecule has 1 heterocycles. The number of hydrogen-bond donors (Lipinski definition) is 2. The molecule has 0 bridgehead atoms. The molecule has 1 fully saturated rings. The van der Waals surface area contributed by atoms with Gasteiger partial charge < -0.3 is 15.2 Å². The van der Waals surface area contributed by atoms with Crippen molar-refractivity contribution in [2.45, 2.75) is 31.2 Å². The van der Waals surface area contributed by atoms with E-state index in [1.165, 1.54) is 7.11 Å². The number of rotatable bonds is 7. The molecule has 6 nitrogen and oxygen atoms in total. The summed E-state index contributed by atoms with van der Waals surface area (Å²) in [6, 6.07) is 9.52. The molecule has 1 aliphatic carbocycles. The number of aliphatic hydroxyl groups is 1. The number of methoxy groups -OCH3 is 1. The van der Waals surface area contributed by atoms with Gasteiger partial charge in [0.2, 0.25) is 0 Å². The van der Waals surface area contributed by atoms with Crippen LogP contribution in [0.2, 0.25) is 5.02 Å². The fourth-order valence-corrected chi connectivity index (χ4v) is 2.79.